The van der Waals surface area contributed by atoms with E-state index in [1.807, 2.05) is 14.0 Å². The molecule has 0 saturated heterocycles. The molecule has 0 unspecified atom stereocenters. The van der Waals surface area contributed by atoms with Crippen molar-refractivity contribution in [3.63, 3.8) is 0 Å². The first-order chi connectivity index (χ1) is 11.5. The molecule has 0 amide bonds. The third-order valence-corrected chi connectivity index (χ3v) is 4.24. The van der Waals surface area contributed by atoms with E-state index in [1.165, 1.54) is 0 Å². The summed E-state index contributed by atoms with van der Waals surface area (Å²) in [6, 6.07) is 0. The highest BCUT2D eigenvalue weighted by Crippen LogP contribution is 2.26. The average Bonchev–Trinajstić information content (AvgIpc) is 2.87. The number of ether oxygens (including phenoxy) is 1. The smallest absolute Gasteiger partial charge is 0.255 e. The Kier molecular flexibility index (Phi) is 4.94. The molecule has 2 N–H and O–H groups in total. The van der Waals surface area contributed by atoms with Gasteiger partial charge in [0.1, 0.15) is 0 Å². The van der Waals surface area contributed by atoms with Crippen molar-refractivity contribution in [2.24, 2.45) is 13.0 Å². The van der Waals surface area contributed by atoms with Crippen LogP contribution in [0.5, 0.6) is 5.88 Å². The van der Waals surface area contributed by atoms with Gasteiger partial charge in [-0.15, -0.1) is 0 Å². The lowest BCUT2D eigenvalue weighted by Gasteiger charge is -2.25. The van der Waals surface area contributed by atoms with Crippen LogP contribution in [-0.4, -0.2) is 37.6 Å². The van der Waals surface area contributed by atoms with Crippen molar-refractivity contribution in [2.45, 2.75) is 38.7 Å². The molecule has 1 fully saturated rings. The van der Waals surface area contributed by atoms with Crippen LogP contribution in [-0.2, 0) is 7.05 Å². The van der Waals surface area contributed by atoms with Crippen molar-refractivity contribution in [3.8, 4) is 5.88 Å². The molecule has 0 radical (unpaired) electrons. The number of nitrogens with one attached hydrogen (secondary N) is 1. The van der Waals surface area contributed by atoms with E-state index >= 15 is 0 Å². The molecule has 1 aliphatic carbocycles. The van der Waals surface area contributed by atoms with Gasteiger partial charge >= 0.3 is 0 Å². The van der Waals surface area contributed by atoms with E-state index in [1.54, 1.807) is 10.9 Å². The molecular formula is C16H22FN5O2. The topological polar surface area (TPSA) is 85.1 Å². The van der Waals surface area contributed by atoms with E-state index in [0.29, 0.717) is 12.5 Å². The zero-order valence-corrected chi connectivity index (χ0v) is 13.9. The molecule has 130 valence electrons. The number of hydrogen-bond donors (Lipinski definition) is 2. The van der Waals surface area contributed by atoms with Crippen molar-refractivity contribution in [3.05, 3.63) is 23.9 Å². The molecule has 0 spiro atoms. The van der Waals surface area contributed by atoms with Crippen molar-refractivity contribution in [1.82, 2.24) is 19.7 Å². The minimum Gasteiger partial charge on any atom is -0.475 e. The van der Waals surface area contributed by atoms with Gasteiger partial charge in [0.05, 0.1) is 30.3 Å². The third-order valence-electron chi connectivity index (χ3n) is 4.24. The quantitative estimate of drug-likeness (QED) is 0.872. The lowest BCUT2D eigenvalue weighted by molar-refractivity contribution is 0.0899. The van der Waals surface area contributed by atoms with Crippen LogP contribution in [0.2, 0.25) is 0 Å². The van der Waals surface area contributed by atoms with Crippen LogP contribution >= 0.6 is 0 Å². The van der Waals surface area contributed by atoms with Crippen LogP contribution in [0.3, 0.4) is 0 Å². The van der Waals surface area contributed by atoms with Gasteiger partial charge in [0.2, 0.25) is 11.8 Å². The van der Waals surface area contributed by atoms with Crippen LogP contribution in [0.1, 0.15) is 31.4 Å². The summed E-state index contributed by atoms with van der Waals surface area (Å²) in [6.45, 7) is 2.26. The molecule has 0 aromatic carbocycles. The Hall–Kier alpha value is -2.22. The summed E-state index contributed by atoms with van der Waals surface area (Å²) in [6.07, 6.45) is 6.00. The fraction of sp³-hybridized carbons (Fsp3) is 0.562. The fourth-order valence-electron chi connectivity index (χ4n) is 2.86. The van der Waals surface area contributed by atoms with E-state index < -0.39 is 5.82 Å². The predicted octanol–water partition coefficient (Wildman–Crippen LogP) is 2.33. The molecule has 8 heteroatoms. The summed E-state index contributed by atoms with van der Waals surface area (Å²) >= 11 is 0. The Bertz CT molecular complexity index is 698. The first kappa shape index (κ1) is 16.6. The monoisotopic (exact) mass is 335 g/mol. The Balaban J connectivity index is 1.64. The van der Waals surface area contributed by atoms with Crippen molar-refractivity contribution >= 4 is 11.6 Å². The number of halogens is 1. The molecule has 3 rings (SSSR count). The summed E-state index contributed by atoms with van der Waals surface area (Å²) in [4.78, 5) is 8.05. The van der Waals surface area contributed by atoms with Gasteiger partial charge in [-0.05, 0) is 38.5 Å². The van der Waals surface area contributed by atoms with E-state index in [2.05, 4.69) is 20.4 Å². The van der Waals surface area contributed by atoms with Crippen LogP contribution in [0.15, 0.2) is 12.4 Å². The molecule has 2 aromatic rings. The minimum atomic E-state index is -0.584. The van der Waals surface area contributed by atoms with E-state index in [-0.39, 0.29) is 17.9 Å². The zero-order valence-electron chi connectivity index (χ0n) is 13.9. The van der Waals surface area contributed by atoms with E-state index in [9.17, 15) is 9.50 Å². The number of nitrogens with zero attached hydrogens (tertiary/aromatic N) is 4. The fourth-order valence-corrected chi connectivity index (χ4v) is 2.86. The first-order valence-corrected chi connectivity index (χ1v) is 8.12. The number of aryl methyl sites for hydroxylation is 2. The molecule has 1 saturated carbocycles. The normalized spacial score (nSPS) is 20.8. The second kappa shape index (κ2) is 7.12. The standard InChI is InChI=1S/C16H22FN5O2/c1-10-14(8-22(2)21-10)19-16-18-7-13(17)15(20-16)24-9-11-3-5-12(23)6-4-11/h7-8,11-12,23H,3-6,9H2,1-2H3,(H,18,19,20). The van der Waals surface area contributed by atoms with Gasteiger partial charge in [0, 0.05) is 13.2 Å². The first-order valence-electron chi connectivity index (χ1n) is 8.12. The average molecular weight is 335 g/mol. The number of rotatable bonds is 5. The summed E-state index contributed by atoms with van der Waals surface area (Å²) in [5, 5.41) is 16.8. The van der Waals surface area contributed by atoms with E-state index in [0.717, 1.165) is 43.3 Å². The van der Waals surface area contributed by atoms with Crippen LogP contribution in [0.4, 0.5) is 16.0 Å². The van der Waals surface area contributed by atoms with Gasteiger partial charge in [-0.3, -0.25) is 4.68 Å². The van der Waals surface area contributed by atoms with Gasteiger partial charge in [-0.1, -0.05) is 0 Å². The van der Waals surface area contributed by atoms with Crippen molar-refractivity contribution in [1.29, 1.82) is 0 Å². The highest BCUT2D eigenvalue weighted by atomic mass is 19.1. The molecule has 0 atom stereocenters. The molecule has 2 aromatic heterocycles. The molecule has 0 bridgehead atoms. The van der Waals surface area contributed by atoms with Gasteiger partial charge in [0.15, 0.2) is 0 Å². The minimum absolute atomic E-state index is 0.0554. The summed E-state index contributed by atoms with van der Waals surface area (Å²) in [7, 11) is 1.82. The predicted molar refractivity (Wildman–Crippen MR) is 86.7 cm³/mol. The maximum atomic E-state index is 13.9. The molecule has 7 nitrogen and oxygen atoms in total. The summed E-state index contributed by atoms with van der Waals surface area (Å²) in [5.41, 5.74) is 1.56. The lowest BCUT2D eigenvalue weighted by Crippen LogP contribution is -2.23. The van der Waals surface area contributed by atoms with Gasteiger partial charge < -0.3 is 15.2 Å². The molecule has 1 aliphatic rings. The SMILES string of the molecule is Cc1nn(C)cc1Nc1ncc(F)c(OCC2CCC(O)CC2)n1. The summed E-state index contributed by atoms with van der Waals surface area (Å²) < 4.78 is 21.1. The van der Waals surface area contributed by atoms with Crippen LogP contribution < -0.4 is 10.1 Å². The maximum absolute atomic E-state index is 13.9. The maximum Gasteiger partial charge on any atom is 0.255 e. The second-order valence-corrected chi connectivity index (χ2v) is 6.26. The van der Waals surface area contributed by atoms with Crippen molar-refractivity contribution in [2.75, 3.05) is 11.9 Å². The number of hydrogen-bond acceptors (Lipinski definition) is 6. The highest BCUT2D eigenvalue weighted by molar-refractivity contribution is 5.55. The van der Waals surface area contributed by atoms with Crippen molar-refractivity contribution < 1.29 is 14.2 Å². The largest absolute Gasteiger partial charge is 0.475 e. The molecule has 2 heterocycles. The van der Waals surface area contributed by atoms with Crippen LogP contribution in [0, 0.1) is 18.7 Å². The zero-order chi connectivity index (χ0) is 17.1. The number of aliphatic hydroxyl groups is 1. The van der Waals surface area contributed by atoms with Crippen LogP contribution in [0.25, 0.3) is 0 Å². The van der Waals surface area contributed by atoms with Gasteiger partial charge in [-0.2, -0.15) is 14.5 Å². The van der Waals surface area contributed by atoms with E-state index in [4.69, 9.17) is 4.74 Å². The Morgan fingerprint density at radius 2 is 2.12 bits per heavy atom. The Morgan fingerprint density at radius 3 is 2.79 bits per heavy atom. The molecule has 0 aliphatic heterocycles. The summed E-state index contributed by atoms with van der Waals surface area (Å²) in [5.74, 6) is -0.0548. The highest BCUT2D eigenvalue weighted by Gasteiger charge is 2.21. The number of anilines is 2. The Labute approximate surface area is 139 Å². The van der Waals surface area contributed by atoms with Gasteiger partial charge in [0.25, 0.3) is 5.88 Å². The molecular weight excluding hydrogens is 313 g/mol. The van der Waals surface area contributed by atoms with Gasteiger partial charge in [-0.25, -0.2) is 4.98 Å². The number of aliphatic hydroxyl groups excluding tert-OH is 1. The number of aromatic nitrogens is 4. The third kappa shape index (κ3) is 4.00. The lowest BCUT2D eigenvalue weighted by atomic mass is 9.88. The molecule has 24 heavy (non-hydrogen) atoms. The Morgan fingerprint density at radius 1 is 1.38 bits per heavy atom. The second-order valence-electron chi connectivity index (χ2n) is 6.26.